The van der Waals surface area contributed by atoms with Gasteiger partial charge in [-0.3, -0.25) is 0 Å². The fourth-order valence-electron chi connectivity index (χ4n) is 2.48. The molecule has 0 saturated heterocycles. The summed E-state index contributed by atoms with van der Waals surface area (Å²) in [5.74, 6) is 0.473. The van der Waals surface area contributed by atoms with Crippen molar-refractivity contribution in [1.82, 2.24) is 19.5 Å². The summed E-state index contributed by atoms with van der Waals surface area (Å²) in [7, 11) is -0.549. The Balaban J connectivity index is 1.84. The maximum atomic E-state index is 12.3. The molecule has 0 amide bonds. The molecule has 1 aromatic heterocycles. The van der Waals surface area contributed by atoms with Gasteiger partial charge in [0.05, 0.1) is 4.90 Å². The third-order valence-electron chi connectivity index (χ3n) is 4.17. The molecule has 0 N–H and O–H groups in total. The Kier molecular flexibility index (Phi) is 4.97. The Hall–Kier alpha value is -2.45. The minimum absolute atomic E-state index is 0.170. The molecule has 0 aliphatic heterocycles. The van der Waals surface area contributed by atoms with Gasteiger partial charge in [0.15, 0.2) is 0 Å². The Bertz CT molecular complexity index is 1010. The number of benzene rings is 2. The number of hydrogen-bond acceptors (Lipinski definition) is 5. The number of hydrogen-bond donors (Lipinski definition) is 0. The van der Waals surface area contributed by atoms with Crippen LogP contribution >= 0.6 is 0 Å². The highest BCUT2D eigenvalue weighted by Crippen LogP contribution is 2.19. The van der Waals surface area contributed by atoms with Crippen molar-refractivity contribution in [3.8, 4) is 0 Å². The molecule has 0 bridgehead atoms. The molecule has 8 heteroatoms. The largest absolute Gasteiger partial charge is 0.390 e. The predicted octanol–water partition coefficient (Wildman–Crippen LogP) is 2.43. The average molecular weight is 374 g/mol. The van der Waals surface area contributed by atoms with Gasteiger partial charge in [-0.25, -0.2) is 12.7 Å². The first kappa shape index (κ1) is 18.3. The monoisotopic (exact) mass is 374 g/mol. The molecule has 0 radical (unpaired) electrons. The zero-order chi connectivity index (χ0) is 18.9. The zero-order valence-corrected chi connectivity index (χ0v) is 16.1. The van der Waals surface area contributed by atoms with Crippen molar-refractivity contribution in [3.05, 3.63) is 53.6 Å². The van der Waals surface area contributed by atoms with E-state index in [1.54, 1.807) is 6.07 Å². The van der Waals surface area contributed by atoms with Crippen molar-refractivity contribution in [3.63, 3.8) is 0 Å². The van der Waals surface area contributed by atoms with Crippen LogP contribution in [0.2, 0.25) is 0 Å². The zero-order valence-electron chi connectivity index (χ0n) is 15.2. The van der Waals surface area contributed by atoms with Gasteiger partial charge < -0.3 is 4.84 Å². The van der Waals surface area contributed by atoms with Crippen molar-refractivity contribution in [2.45, 2.75) is 31.3 Å². The lowest BCUT2D eigenvalue weighted by molar-refractivity contribution is 0.0751. The lowest BCUT2D eigenvalue weighted by Crippen LogP contribution is -2.22. The minimum atomic E-state index is -3.53. The van der Waals surface area contributed by atoms with Crippen LogP contribution in [-0.2, 0) is 16.6 Å². The molecule has 0 saturated carbocycles. The van der Waals surface area contributed by atoms with Crippen molar-refractivity contribution in [2.24, 2.45) is 0 Å². The van der Waals surface area contributed by atoms with Gasteiger partial charge in [-0.05, 0) is 40.5 Å². The minimum Gasteiger partial charge on any atom is -0.390 e. The van der Waals surface area contributed by atoms with Crippen LogP contribution < -0.4 is 4.84 Å². The summed E-state index contributed by atoms with van der Waals surface area (Å²) in [4.78, 5) is 7.14. The molecule has 138 valence electrons. The second-order valence-corrected chi connectivity index (χ2v) is 8.72. The summed E-state index contributed by atoms with van der Waals surface area (Å²) in [5, 5.41) is 7.98. The molecule has 3 rings (SSSR count). The maximum absolute atomic E-state index is 12.3. The molecular formula is C18H22N4O3S. The van der Waals surface area contributed by atoms with Crippen LogP contribution in [0.5, 0.6) is 0 Å². The third-order valence-corrected chi connectivity index (χ3v) is 5.98. The molecular weight excluding hydrogens is 352 g/mol. The van der Waals surface area contributed by atoms with E-state index < -0.39 is 10.0 Å². The summed E-state index contributed by atoms with van der Waals surface area (Å²) in [6.45, 7) is 4.60. The maximum Gasteiger partial charge on any atom is 0.242 e. The standard InChI is InChI=1S/C18H22N4O3S/c1-13(2)15-7-5-14(6-8-15)12-25-22-18-11-16(26(23,24)21(3)4)9-10-17(18)19-20-22/h5-11,13H,12H2,1-4H3. The first-order chi connectivity index (χ1) is 12.3. The van der Waals surface area contributed by atoms with Crippen LogP contribution in [0.3, 0.4) is 0 Å². The molecule has 3 aromatic rings. The first-order valence-corrected chi connectivity index (χ1v) is 9.73. The number of aromatic nitrogens is 3. The molecule has 0 atom stereocenters. The number of fused-ring (bicyclic) bond motifs is 1. The smallest absolute Gasteiger partial charge is 0.242 e. The second-order valence-electron chi connectivity index (χ2n) is 6.57. The van der Waals surface area contributed by atoms with E-state index >= 15 is 0 Å². The lowest BCUT2D eigenvalue weighted by atomic mass is 10.0. The highest BCUT2D eigenvalue weighted by atomic mass is 32.2. The molecule has 0 unspecified atom stereocenters. The lowest BCUT2D eigenvalue weighted by Gasteiger charge is -2.11. The van der Waals surface area contributed by atoms with Gasteiger partial charge in [-0.1, -0.05) is 43.0 Å². The number of rotatable bonds is 6. The van der Waals surface area contributed by atoms with Gasteiger partial charge >= 0.3 is 0 Å². The molecule has 0 spiro atoms. The van der Waals surface area contributed by atoms with E-state index in [1.807, 2.05) is 12.1 Å². The van der Waals surface area contributed by atoms with Gasteiger partial charge in [-0.15, -0.1) is 5.10 Å². The molecule has 2 aromatic carbocycles. The van der Waals surface area contributed by atoms with Crippen molar-refractivity contribution in [1.29, 1.82) is 0 Å². The Morgan fingerprint density at radius 3 is 2.42 bits per heavy atom. The van der Waals surface area contributed by atoms with E-state index in [0.29, 0.717) is 23.6 Å². The number of nitrogens with zero attached hydrogens (tertiary/aromatic N) is 4. The van der Waals surface area contributed by atoms with Crippen molar-refractivity contribution >= 4 is 21.1 Å². The molecule has 0 aliphatic rings. The van der Waals surface area contributed by atoms with Gasteiger partial charge in [0.1, 0.15) is 17.6 Å². The third kappa shape index (κ3) is 3.56. The van der Waals surface area contributed by atoms with E-state index in [9.17, 15) is 8.42 Å². The highest BCUT2D eigenvalue weighted by Gasteiger charge is 2.19. The summed E-state index contributed by atoms with van der Waals surface area (Å²) in [6.07, 6.45) is 0. The predicted molar refractivity (Wildman–Crippen MR) is 99.2 cm³/mol. The van der Waals surface area contributed by atoms with Crippen LogP contribution in [0, 0.1) is 0 Å². The number of sulfonamides is 1. The molecule has 0 aliphatic carbocycles. The van der Waals surface area contributed by atoms with Crippen molar-refractivity contribution in [2.75, 3.05) is 14.1 Å². The molecule has 7 nitrogen and oxygen atoms in total. The summed E-state index contributed by atoms with van der Waals surface area (Å²) in [5.41, 5.74) is 3.33. The topological polar surface area (TPSA) is 77.3 Å². The summed E-state index contributed by atoms with van der Waals surface area (Å²) >= 11 is 0. The molecule has 1 heterocycles. The van der Waals surface area contributed by atoms with Gasteiger partial charge in [0, 0.05) is 14.1 Å². The van der Waals surface area contributed by atoms with Crippen LogP contribution in [-0.4, -0.2) is 42.0 Å². The van der Waals surface area contributed by atoms with Crippen LogP contribution in [0.1, 0.15) is 30.9 Å². The van der Waals surface area contributed by atoms with Crippen molar-refractivity contribution < 1.29 is 13.3 Å². The Morgan fingerprint density at radius 2 is 1.81 bits per heavy atom. The first-order valence-electron chi connectivity index (χ1n) is 8.29. The summed E-state index contributed by atoms with van der Waals surface area (Å²) in [6, 6.07) is 12.8. The quantitative estimate of drug-likeness (QED) is 0.662. The van der Waals surface area contributed by atoms with Gasteiger partial charge in [0.25, 0.3) is 0 Å². The van der Waals surface area contributed by atoms with Gasteiger partial charge in [0.2, 0.25) is 10.0 Å². The van der Waals surface area contributed by atoms with E-state index in [-0.39, 0.29) is 4.90 Å². The molecule has 0 fully saturated rings. The molecule has 26 heavy (non-hydrogen) atoms. The van der Waals surface area contributed by atoms with Crippen LogP contribution in [0.4, 0.5) is 0 Å². The van der Waals surface area contributed by atoms with E-state index in [4.69, 9.17) is 4.84 Å². The SMILES string of the molecule is CC(C)c1ccc(COn2nnc3ccc(S(=O)(=O)N(C)C)cc32)cc1. The Labute approximate surface area is 153 Å². The van der Waals surface area contributed by atoms with Crippen LogP contribution in [0.25, 0.3) is 11.0 Å². The van der Waals surface area contributed by atoms with E-state index in [0.717, 1.165) is 5.56 Å². The average Bonchev–Trinajstić information content (AvgIpc) is 3.02. The van der Waals surface area contributed by atoms with Gasteiger partial charge in [-0.2, -0.15) is 0 Å². The van der Waals surface area contributed by atoms with Crippen LogP contribution in [0.15, 0.2) is 47.4 Å². The highest BCUT2D eigenvalue weighted by molar-refractivity contribution is 7.89. The normalized spacial score (nSPS) is 12.2. The Morgan fingerprint density at radius 1 is 1.12 bits per heavy atom. The fourth-order valence-corrected chi connectivity index (χ4v) is 3.40. The second kappa shape index (κ2) is 7.05. The summed E-state index contributed by atoms with van der Waals surface area (Å²) < 4.78 is 25.8. The fraction of sp³-hybridized carbons (Fsp3) is 0.333. The van der Waals surface area contributed by atoms with E-state index in [2.05, 4.69) is 36.3 Å². The van der Waals surface area contributed by atoms with E-state index in [1.165, 1.54) is 40.9 Å².